The van der Waals surface area contributed by atoms with Gasteiger partial charge in [0.25, 0.3) is 0 Å². The fourth-order valence-electron chi connectivity index (χ4n) is 1.19. The summed E-state index contributed by atoms with van der Waals surface area (Å²) in [5, 5.41) is 25.5. The van der Waals surface area contributed by atoms with E-state index in [-0.39, 0.29) is 32.7 Å². The van der Waals surface area contributed by atoms with Gasteiger partial charge < -0.3 is 20.1 Å². The molecule has 1 aliphatic rings. The van der Waals surface area contributed by atoms with Gasteiger partial charge in [-0.1, -0.05) is 5.57 Å². The van der Waals surface area contributed by atoms with E-state index in [0.29, 0.717) is 19.6 Å². The van der Waals surface area contributed by atoms with Crippen molar-refractivity contribution in [1.82, 2.24) is 4.90 Å². The van der Waals surface area contributed by atoms with E-state index in [0.717, 1.165) is 0 Å². The number of esters is 2. The molecule has 1 heterocycles. The standard InChI is InChI=1S/C6H15NO3.C4H4O3.C4H8/c8-4-1-7(2-5-9)3-6-10;5-3-1-2-4(6)7-3;1-4(2)3/h8-10H,1-6H2;1-2H2;1H2,2-3H3. The molecule has 0 bridgehead atoms. The lowest BCUT2D eigenvalue weighted by molar-refractivity contribution is -0.151. The maximum absolute atomic E-state index is 10.0. The molecule has 0 saturated carbocycles. The van der Waals surface area contributed by atoms with Crippen molar-refractivity contribution in [1.29, 1.82) is 0 Å². The summed E-state index contributed by atoms with van der Waals surface area (Å²) in [7, 11) is 0. The molecule has 0 spiro atoms. The number of cyclic esters (lactones) is 2. The van der Waals surface area contributed by atoms with Crippen molar-refractivity contribution in [3.63, 3.8) is 0 Å². The Hall–Kier alpha value is -1.28. The van der Waals surface area contributed by atoms with Crippen molar-refractivity contribution >= 4 is 11.9 Å². The number of nitrogens with zero attached hydrogens (tertiary/aromatic N) is 1. The smallest absolute Gasteiger partial charge is 0.314 e. The zero-order valence-electron chi connectivity index (χ0n) is 12.9. The molecule has 0 aromatic carbocycles. The minimum Gasteiger partial charge on any atom is -0.395 e. The highest BCUT2D eigenvalue weighted by Crippen LogP contribution is 2.03. The van der Waals surface area contributed by atoms with E-state index in [2.05, 4.69) is 11.3 Å². The Morgan fingerprint density at radius 2 is 1.29 bits per heavy atom. The van der Waals surface area contributed by atoms with Crippen LogP contribution >= 0.6 is 0 Å². The van der Waals surface area contributed by atoms with Gasteiger partial charge in [-0.15, -0.1) is 6.58 Å². The zero-order chi connectivity index (χ0) is 16.7. The molecule has 0 aromatic rings. The van der Waals surface area contributed by atoms with Crippen LogP contribution in [-0.2, 0) is 14.3 Å². The van der Waals surface area contributed by atoms with E-state index in [4.69, 9.17) is 15.3 Å². The van der Waals surface area contributed by atoms with Gasteiger partial charge in [0.15, 0.2) is 0 Å². The summed E-state index contributed by atoms with van der Waals surface area (Å²) in [6.45, 7) is 9.25. The van der Waals surface area contributed by atoms with E-state index in [1.807, 2.05) is 13.8 Å². The van der Waals surface area contributed by atoms with Gasteiger partial charge in [-0.3, -0.25) is 14.5 Å². The van der Waals surface area contributed by atoms with Crippen LogP contribution in [0.1, 0.15) is 26.7 Å². The third-order valence-corrected chi connectivity index (χ3v) is 2.01. The first kappa shape index (κ1) is 22.0. The number of aliphatic hydroxyl groups is 3. The van der Waals surface area contributed by atoms with Crippen LogP contribution < -0.4 is 0 Å². The number of hydrogen-bond acceptors (Lipinski definition) is 7. The molecule has 0 amide bonds. The van der Waals surface area contributed by atoms with Crippen LogP contribution in [0, 0.1) is 0 Å². The number of ether oxygens (including phenoxy) is 1. The van der Waals surface area contributed by atoms with Gasteiger partial charge in [-0.2, -0.15) is 0 Å². The first-order valence-electron chi connectivity index (χ1n) is 6.77. The Balaban J connectivity index is 0. The molecule has 1 aliphatic heterocycles. The van der Waals surface area contributed by atoms with Gasteiger partial charge in [0.2, 0.25) is 0 Å². The SMILES string of the molecule is C=C(C)C.O=C1CCC(=O)O1.OCCN(CCO)CCO. The zero-order valence-corrected chi connectivity index (χ0v) is 12.9. The summed E-state index contributed by atoms with van der Waals surface area (Å²) >= 11 is 0. The van der Waals surface area contributed by atoms with Gasteiger partial charge in [0.05, 0.1) is 32.7 Å². The molecule has 0 aromatic heterocycles. The molecule has 1 fully saturated rings. The molecule has 0 radical (unpaired) electrons. The van der Waals surface area contributed by atoms with Crippen molar-refractivity contribution in [2.75, 3.05) is 39.5 Å². The predicted octanol–water partition coefficient (Wildman–Crippen LogP) is -0.302. The predicted molar refractivity (Wildman–Crippen MR) is 78.5 cm³/mol. The highest BCUT2D eigenvalue weighted by Gasteiger charge is 2.19. The Morgan fingerprint density at radius 1 is 1.00 bits per heavy atom. The highest BCUT2D eigenvalue weighted by atomic mass is 16.6. The van der Waals surface area contributed by atoms with Gasteiger partial charge in [0, 0.05) is 19.6 Å². The molecule has 0 aliphatic carbocycles. The Kier molecular flexibility index (Phi) is 15.8. The largest absolute Gasteiger partial charge is 0.395 e. The van der Waals surface area contributed by atoms with Gasteiger partial charge in [0.1, 0.15) is 0 Å². The van der Waals surface area contributed by atoms with Crippen molar-refractivity contribution in [3.05, 3.63) is 12.2 Å². The second-order valence-corrected chi connectivity index (χ2v) is 4.57. The van der Waals surface area contributed by atoms with Crippen LogP contribution in [0.4, 0.5) is 0 Å². The lowest BCUT2D eigenvalue weighted by atomic mass is 10.4. The summed E-state index contributed by atoms with van der Waals surface area (Å²) in [5.41, 5.74) is 1.17. The highest BCUT2D eigenvalue weighted by molar-refractivity contribution is 5.92. The quantitative estimate of drug-likeness (QED) is 0.351. The lowest BCUT2D eigenvalue weighted by Gasteiger charge is -2.17. The van der Waals surface area contributed by atoms with E-state index >= 15 is 0 Å². The number of rotatable bonds is 6. The van der Waals surface area contributed by atoms with E-state index < -0.39 is 11.9 Å². The third kappa shape index (κ3) is 18.7. The first-order valence-corrected chi connectivity index (χ1v) is 6.77. The molecule has 1 saturated heterocycles. The molecule has 1 rings (SSSR count). The summed E-state index contributed by atoms with van der Waals surface area (Å²) in [5.74, 6) is -0.796. The molecule has 0 atom stereocenters. The molecule has 3 N–H and O–H groups in total. The van der Waals surface area contributed by atoms with Crippen LogP contribution in [-0.4, -0.2) is 71.6 Å². The average Bonchev–Trinajstić information content (AvgIpc) is 2.74. The molecule has 0 unspecified atom stereocenters. The molecular weight excluding hydrogens is 278 g/mol. The number of carbonyl (C=O) groups is 2. The molecule has 124 valence electrons. The van der Waals surface area contributed by atoms with Crippen LogP contribution in [0.2, 0.25) is 0 Å². The van der Waals surface area contributed by atoms with Crippen LogP contribution in [0.25, 0.3) is 0 Å². The van der Waals surface area contributed by atoms with E-state index in [1.54, 1.807) is 4.90 Å². The summed E-state index contributed by atoms with van der Waals surface area (Å²) in [4.78, 5) is 21.8. The molecule has 21 heavy (non-hydrogen) atoms. The van der Waals surface area contributed by atoms with E-state index in [1.165, 1.54) is 5.57 Å². The van der Waals surface area contributed by atoms with Crippen LogP contribution in [0.15, 0.2) is 12.2 Å². The van der Waals surface area contributed by atoms with Crippen LogP contribution in [0.3, 0.4) is 0 Å². The average molecular weight is 305 g/mol. The number of allylic oxidation sites excluding steroid dienone is 1. The minimum atomic E-state index is -0.398. The summed E-state index contributed by atoms with van der Waals surface area (Å²) in [6, 6.07) is 0. The fourth-order valence-corrected chi connectivity index (χ4v) is 1.19. The van der Waals surface area contributed by atoms with E-state index in [9.17, 15) is 9.59 Å². The van der Waals surface area contributed by atoms with Gasteiger partial charge >= 0.3 is 11.9 Å². The number of carbonyl (C=O) groups excluding carboxylic acids is 2. The summed E-state index contributed by atoms with van der Waals surface area (Å²) < 4.78 is 4.08. The topological polar surface area (TPSA) is 107 Å². The van der Waals surface area contributed by atoms with Crippen molar-refractivity contribution < 1.29 is 29.6 Å². The number of hydrogen-bond donors (Lipinski definition) is 3. The molecule has 7 heteroatoms. The Labute approximate surface area is 125 Å². The monoisotopic (exact) mass is 305 g/mol. The number of aliphatic hydroxyl groups excluding tert-OH is 3. The molecule has 7 nitrogen and oxygen atoms in total. The van der Waals surface area contributed by atoms with Gasteiger partial charge in [-0.05, 0) is 13.8 Å². The fraction of sp³-hybridized carbons (Fsp3) is 0.714. The van der Waals surface area contributed by atoms with Crippen molar-refractivity contribution in [2.45, 2.75) is 26.7 Å². The van der Waals surface area contributed by atoms with Gasteiger partial charge in [-0.25, -0.2) is 0 Å². The maximum Gasteiger partial charge on any atom is 0.314 e. The second-order valence-electron chi connectivity index (χ2n) is 4.57. The summed E-state index contributed by atoms with van der Waals surface area (Å²) in [6.07, 6.45) is 0.525. The maximum atomic E-state index is 10.0. The van der Waals surface area contributed by atoms with Crippen molar-refractivity contribution in [3.8, 4) is 0 Å². The van der Waals surface area contributed by atoms with Crippen LogP contribution in [0.5, 0.6) is 0 Å². The van der Waals surface area contributed by atoms with Crippen molar-refractivity contribution in [2.24, 2.45) is 0 Å². The second kappa shape index (κ2) is 15.1. The Bertz CT molecular complexity index is 274. The molecular formula is C14H27NO6. The normalized spacial score (nSPS) is 13.0. The lowest BCUT2D eigenvalue weighted by Crippen LogP contribution is -2.32. The third-order valence-electron chi connectivity index (χ3n) is 2.01. The first-order chi connectivity index (χ1) is 9.87. The Morgan fingerprint density at radius 3 is 1.43 bits per heavy atom. The minimum absolute atomic E-state index is 0.0694.